The average molecular weight is 253 g/mol. The van der Waals surface area contributed by atoms with Crippen molar-refractivity contribution in [2.45, 2.75) is 25.1 Å². The van der Waals surface area contributed by atoms with Gasteiger partial charge in [0.15, 0.2) is 0 Å². The van der Waals surface area contributed by atoms with Gasteiger partial charge in [0.05, 0.1) is 5.88 Å². The van der Waals surface area contributed by atoms with E-state index in [1.807, 2.05) is 18.2 Å². The Morgan fingerprint density at radius 2 is 1.88 bits per heavy atom. The zero-order valence-corrected chi connectivity index (χ0v) is 10.8. The van der Waals surface area contributed by atoms with Gasteiger partial charge in [-0.15, -0.1) is 21.8 Å². The molecule has 0 saturated heterocycles. The highest BCUT2D eigenvalue weighted by molar-refractivity contribution is 7.11. The number of nitrogens with zero attached hydrogens (tertiary/aromatic N) is 2. The van der Waals surface area contributed by atoms with E-state index >= 15 is 0 Å². The maximum absolute atomic E-state index is 5.74. The van der Waals surface area contributed by atoms with E-state index in [4.69, 9.17) is 11.6 Å². The predicted octanol–water partition coefficient (Wildman–Crippen LogP) is 3.60. The summed E-state index contributed by atoms with van der Waals surface area (Å²) in [7, 11) is 0. The van der Waals surface area contributed by atoms with Crippen molar-refractivity contribution in [1.82, 2.24) is 10.2 Å². The van der Waals surface area contributed by atoms with Crippen molar-refractivity contribution in [3.63, 3.8) is 0 Å². The Kier molecular flexibility index (Phi) is 3.26. The summed E-state index contributed by atoms with van der Waals surface area (Å²) in [6, 6.07) is 10.3. The third kappa shape index (κ3) is 2.11. The highest BCUT2D eigenvalue weighted by Crippen LogP contribution is 2.33. The first-order chi connectivity index (χ1) is 7.64. The molecule has 0 saturated carbocycles. The third-order valence-corrected chi connectivity index (χ3v) is 4.27. The van der Waals surface area contributed by atoms with Gasteiger partial charge in [0.25, 0.3) is 0 Å². The first kappa shape index (κ1) is 11.6. The van der Waals surface area contributed by atoms with E-state index in [1.54, 1.807) is 11.3 Å². The number of halogens is 1. The van der Waals surface area contributed by atoms with Crippen LogP contribution in [0.3, 0.4) is 0 Å². The average Bonchev–Trinajstić information content (AvgIpc) is 2.79. The summed E-state index contributed by atoms with van der Waals surface area (Å²) in [5.74, 6) is 0.433. The van der Waals surface area contributed by atoms with Crippen molar-refractivity contribution in [2.24, 2.45) is 0 Å². The Hall–Kier alpha value is -0.930. The first-order valence-corrected chi connectivity index (χ1v) is 6.44. The van der Waals surface area contributed by atoms with Gasteiger partial charge in [-0.2, -0.15) is 0 Å². The molecule has 0 aliphatic carbocycles. The molecule has 1 aromatic carbocycles. The van der Waals surface area contributed by atoms with Crippen molar-refractivity contribution < 1.29 is 0 Å². The van der Waals surface area contributed by atoms with E-state index in [9.17, 15) is 0 Å². The number of benzene rings is 1. The summed E-state index contributed by atoms with van der Waals surface area (Å²) in [5, 5.41) is 10.2. The maximum atomic E-state index is 5.74. The van der Waals surface area contributed by atoms with Crippen LogP contribution in [0.25, 0.3) is 0 Å². The van der Waals surface area contributed by atoms with E-state index in [1.165, 1.54) is 5.56 Å². The van der Waals surface area contributed by atoms with Gasteiger partial charge in [-0.05, 0) is 19.4 Å². The first-order valence-electron chi connectivity index (χ1n) is 5.09. The highest BCUT2D eigenvalue weighted by atomic mass is 35.5. The maximum Gasteiger partial charge on any atom is 0.132 e. The molecule has 0 bridgehead atoms. The SMILES string of the molecule is CC(C)(c1ccccc1)c1nnc(CCl)s1. The van der Waals surface area contributed by atoms with Crippen molar-refractivity contribution in [3.8, 4) is 0 Å². The lowest BCUT2D eigenvalue weighted by Crippen LogP contribution is -2.18. The van der Waals surface area contributed by atoms with Crippen molar-refractivity contribution >= 4 is 22.9 Å². The molecule has 0 aliphatic rings. The number of hydrogen-bond acceptors (Lipinski definition) is 3. The normalized spacial score (nSPS) is 11.7. The van der Waals surface area contributed by atoms with E-state index < -0.39 is 0 Å². The second-order valence-electron chi connectivity index (χ2n) is 4.13. The molecule has 2 rings (SSSR count). The molecule has 1 heterocycles. The van der Waals surface area contributed by atoms with Gasteiger partial charge in [0.2, 0.25) is 0 Å². The Balaban J connectivity index is 2.38. The lowest BCUT2D eigenvalue weighted by molar-refractivity contribution is 0.625. The van der Waals surface area contributed by atoms with Gasteiger partial charge in [-0.3, -0.25) is 0 Å². The van der Waals surface area contributed by atoms with Crippen LogP contribution < -0.4 is 0 Å². The lowest BCUT2D eigenvalue weighted by atomic mass is 9.85. The van der Waals surface area contributed by atoms with E-state index in [2.05, 4.69) is 36.2 Å². The second-order valence-corrected chi connectivity index (χ2v) is 5.45. The molecule has 0 fully saturated rings. The summed E-state index contributed by atoms with van der Waals surface area (Å²) in [5.41, 5.74) is 1.13. The summed E-state index contributed by atoms with van der Waals surface area (Å²) in [6.07, 6.45) is 0. The number of rotatable bonds is 3. The molecule has 84 valence electrons. The summed E-state index contributed by atoms with van der Waals surface area (Å²) < 4.78 is 0. The van der Waals surface area contributed by atoms with Gasteiger partial charge >= 0.3 is 0 Å². The standard InChI is InChI=1S/C12H13ClN2S/c1-12(2,9-6-4-3-5-7-9)11-15-14-10(8-13)16-11/h3-7H,8H2,1-2H3. The topological polar surface area (TPSA) is 25.8 Å². The van der Waals surface area contributed by atoms with Gasteiger partial charge in [-0.25, -0.2) is 0 Å². The fourth-order valence-corrected chi connectivity index (χ4v) is 2.57. The van der Waals surface area contributed by atoms with Crippen molar-refractivity contribution in [3.05, 3.63) is 45.9 Å². The predicted molar refractivity (Wildman–Crippen MR) is 68.0 cm³/mol. The summed E-state index contributed by atoms with van der Waals surface area (Å²) in [6.45, 7) is 4.31. The number of aromatic nitrogens is 2. The molecule has 2 nitrogen and oxygen atoms in total. The largest absolute Gasteiger partial charge is 0.143 e. The van der Waals surface area contributed by atoms with Gasteiger partial charge in [0.1, 0.15) is 10.0 Å². The summed E-state index contributed by atoms with van der Waals surface area (Å²) >= 11 is 7.32. The van der Waals surface area contributed by atoms with Crippen LogP contribution in [0.5, 0.6) is 0 Å². The van der Waals surface area contributed by atoms with Gasteiger partial charge in [0, 0.05) is 5.41 Å². The minimum Gasteiger partial charge on any atom is -0.143 e. The smallest absolute Gasteiger partial charge is 0.132 e. The highest BCUT2D eigenvalue weighted by Gasteiger charge is 2.27. The van der Waals surface area contributed by atoms with Crippen LogP contribution in [-0.4, -0.2) is 10.2 Å². The Labute approximate surface area is 104 Å². The van der Waals surface area contributed by atoms with Crippen LogP contribution in [0, 0.1) is 0 Å². The van der Waals surface area contributed by atoms with Crippen LogP contribution in [0.4, 0.5) is 0 Å². The Bertz CT molecular complexity index is 465. The molecule has 0 aliphatic heterocycles. The Morgan fingerprint density at radius 3 is 2.44 bits per heavy atom. The molecule has 0 N–H and O–H groups in total. The van der Waals surface area contributed by atoms with E-state index in [-0.39, 0.29) is 5.41 Å². The number of hydrogen-bond donors (Lipinski definition) is 0. The van der Waals surface area contributed by atoms with E-state index in [0.717, 1.165) is 10.0 Å². The van der Waals surface area contributed by atoms with Crippen molar-refractivity contribution in [1.29, 1.82) is 0 Å². The van der Waals surface area contributed by atoms with E-state index in [0.29, 0.717) is 5.88 Å². The molecule has 0 radical (unpaired) electrons. The fourth-order valence-electron chi connectivity index (χ4n) is 1.54. The fraction of sp³-hybridized carbons (Fsp3) is 0.333. The lowest BCUT2D eigenvalue weighted by Gasteiger charge is -2.21. The molecule has 0 unspecified atom stereocenters. The molecule has 0 amide bonds. The monoisotopic (exact) mass is 252 g/mol. The number of alkyl halides is 1. The van der Waals surface area contributed by atoms with Gasteiger partial charge < -0.3 is 0 Å². The minimum atomic E-state index is -0.108. The van der Waals surface area contributed by atoms with Crippen LogP contribution >= 0.6 is 22.9 Å². The molecule has 0 spiro atoms. The molecule has 4 heteroatoms. The van der Waals surface area contributed by atoms with Gasteiger partial charge in [-0.1, -0.05) is 41.7 Å². The molecular weight excluding hydrogens is 240 g/mol. The van der Waals surface area contributed by atoms with Crippen LogP contribution in [0.2, 0.25) is 0 Å². The summed E-state index contributed by atoms with van der Waals surface area (Å²) in [4.78, 5) is 0. The Morgan fingerprint density at radius 1 is 1.19 bits per heavy atom. The molecular formula is C12H13ClN2S. The zero-order chi connectivity index (χ0) is 11.6. The molecule has 16 heavy (non-hydrogen) atoms. The quantitative estimate of drug-likeness (QED) is 0.780. The van der Waals surface area contributed by atoms with Crippen LogP contribution in [-0.2, 0) is 11.3 Å². The second kappa shape index (κ2) is 4.52. The van der Waals surface area contributed by atoms with Crippen LogP contribution in [0.15, 0.2) is 30.3 Å². The molecule has 0 atom stereocenters. The molecule has 1 aromatic heterocycles. The van der Waals surface area contributed by atoms with Crippen LogP contribution in [0.1, 0.15) is 29.4 Å². The zero-order valence-electron chi connectivity index (χ0n) is 9.27. The third-order valence-electron chi connectivity index (χ3n) is 2.61. The minimum absolute atomic E-state index is 0.108. The molecule has 2 aromatic rings. The van der Waals surface area contributed by atoms with Crippen molar-refractivity contribution in [2.75, 3.05) is 0 Å².